The van der Waals surface area contributed by atoms with Crippen molar-refractivity contribution in [1.82, 2.24) is 4.98 Å². The molecule has 5 nitrogen and oxygen atoms in total. The van der Waals surface area contributed by atoms with Gasteiger partial charge in [-0.05, 0) is 41.8 Å². The Morgan fingerprint density at radius 1 is 1.19 bits per heavy atom. The summed E-state index contributed by atoms with van der Waals surface area (Å²) in [5.41, 5.74) is 2.08. The maximum atomic E-state index is 13.6. The molecule has 26 heavy (non-hydrogen) atoms. The first kappa shape index (κ1) is 17.8. The minimum absolute atomic E-state index is 0.0621. The summed E-state index contributed by atoms with van der Waals surface area (Å²) in [6.07, 6.45) is 1.66. The van der Waals surface area contributed by atoms with Crippen molar-refractivity contribution >= 4 is 22.9 Å². The fraction of sp³-hybridized carbons (Fsp3) is 0.111. The second kappa shape index (κ2) is 7.49. The van der Waals surface area contributed by atoms with Crippen molar-refractivity contribution in [2.45, 2.75) is 13.5 Å². The summed E-state index contributed by atoms with van der Waals surface area (Å²) >= 11 is 1.18. The highest BCUT2D eigenvalue weighted by atomic mass is 32.1. The van der Waals surface area contributed by atoms with Gasteiger partial charge in [0, 0.05) is 4.88 Å². The highest BCUT2D eigenvalue weighted by Gasteiger charge is 2.16. The third-order valence-corrected chi connectivity index (χ3v) is 4.85. The van der Waals surface area contributed by atoms with E-state index in [2.05, 4.69) is 15.5 Å². The number of carbonyl (C=O) groups is 1. The van der Waals surface area contributed by atoms with Gasteiger partial charge in [0.05, 0.1) is 17.3 Å². The number of benzene rings is 1. The van der Waals surface area contributed by atoms with Crippen LogP contribution < -0.4 is 5.32 Å². The van der Waals surface area contributed by atoms with Crippen LogP contribution in [0.2, 0.25) is 0 Å². The summed E-state index contributed by atoms with van der Waals surface area (Å²) in [5, 5.41) is 5.11. The maximum Gasteiger partial charge on any atom is 0.265 e. The molecule has 0 fully saturated rings. The zero-order chi connectivity index (χ0) is 18.7. The molecule has 0 aliphatic rings. The predicted octanol–water partition coefficient (Wildman–Crippen LogP) is 4.92. The summed E-state index contributed by atoms with van der Waals surface area (Å²) in [6.45, 7) is 1.97. The number of nitroso groups, excluding NO2 is 1. The molecule has 1 aromatic carbocycles. The highest BCUT2D eigenvalue weighted by Crippen LogP contribution is 2.32. The van der Waals surface area contributed by atoms with E-state index in [1.807, 2.05) is 25.1 Å². The molecule has 8 heteroatoms. The first-order chi connectivity index (χ1) is 12.5. The van der Waals surface area contributed by atoms with Crippen LogP contribution in [-0.2, 0) is 6.54 Å². The molecule has 0 radical (unpaired) electrons. The number of aryl methyl sites for hydroxylation is 1. The molecule has 3 aromatic rings. The molecule has 2 aromatic heterocycles. The molecule has 0 saturated heterocycles. The van der Waals surface area contributed by atoms with E-state index < -0.39 is 23.2 Å². The number of amides is 1. The lowest BCUT2D eigenvalue weighted by atomic mass is 10.0. The molecule has 0 aliphatic heterocycles. The van der Waals surface area contributed by atoms with Crippen LogP contribution in [0.4, 0.5) is 14.5 Å². The van der Waals surface area contributed by atoms with Gasteiger partial charge in [0.1, 0.15) is 12.2 Å². The number of nitrogens with one attached hydrogen (secondary N) is 1. The van der Waals surface area contributed by atoms with Gasteiger partial charge in [0.15, 0.2) is 11.6 Å². The van der Waals surface area contributed by atoms with Gasteiger partial charge in [-0.15, -0.1) is 11.3 Å². The fourth-order valence-corrected chi connectivity index (χ4v) is 3.40. The van der Waals surface area contributed by atoms with Gasteiger partial charge in [0.2, 0.25) is 0 Å². The van der Waals surface area contributed by atoms with Crippen molar-refractivity contribution in [2.24, 2.45) is 5.18 Å². The van der Waals surface area contributed by atoms with Gasteiger partial charge in [-0.3, -0.25) is 9.78 Å². The van der Waals surface area contributed by atoms with Gasteiger partial charge in [-0.2, -0.15) is 4.91 Å². The SMILES string of the molecule is Cc1ccc(CN=O)cc1-c1ccc(C(=O)Nc2c(F)cncc2F)s1. The third-order valence-electron chi connectivity index (χ3n) is 3.74. The summed E-state index contributed by atoms with van der Waals surface area (Å²) in [7, 11) is 0. The predicted molar refractivity (Wildman–Crippen MR) is 96.1 cm³/mol. The Bertz CT molecular complexity index is 968. The number of carbonyl (C=O) groups excluding carboxylic acids is 1. The fourth-order valence-electron chi connectivity index (χ4n) is 2.42. The monoisotopic (exact) mass is 373 g/mol. The van der Waals surface area contributed by atoms with Gasteiger partial charge in [-0.25, -0.2) is 8.78 Å². The second-order valence-electron chi connectivity index (χ2n) is 5.53. The molecule has 1 amide bonds. The Morgan fingerprint density at radius 3 is 2.62 bits per heavy atom. The second-order valence-corrected chi connectivity index (χ2v) is 6.62. The van der Waals surface area contributed by atoms with Crippen molar-refractivity contribution in [3.8, 4) is 10.4 Å². The van der Waals surface area contributed by atoms with Crippen molar-refractivity contribution in [1.29, 1.82) is 0 Å². The van der Waals surface area contributed by atoms with Crippen LogP contribution in [0.15, 0.2) is 47.9 Å². The number of nitrogens with zero attached hydrogens (tertiary/aromatic N) is 2. The lowest BCUT2D eigenvalue weighted by Gasteiger charge is -2.06. The molecule has 1 N–H and O–H groups in total. The first-order valence-electron chi connectivity index (χ1n) is 7.59. The lowest BCUT2D eigenvalue weighted by Crippen LogP contribution is -2.13. The molecule has 0 aliphatic carbocycles. The van der Waals surface area contributed by atoms with Crippen LogP contribution in [-0.4, -0.2) is 10.9 Å². The Hall–Kier alpha value is -3.00. The average molecular weight is 373 g/mol. The first-order valence-corrected chi connectivity index (χ1v) is 8.40. The number of thiophene rings is 1. The Kier molecular flexibility index (Phi) is 5.13. The molecule has 3 rings (SSSR count). The minimum atomic E-state index is -0.944. The zero-order valence-corrected chi connectivity index (χ0v) is 14.4. The lowest BCUT2D eigenvalue weighted by molar-refractivity contribution is 0.102. The number of halogens is 2. The van der Waals surface area contributed by atoms with E-state index in [4.69, 9.17) is 0 Å². The van der Waals surface area contributed by atoms with E-state index in [0.717, 1.165) is 34.0 Å². The van der Waals surface area contributed by atoms with Gasteiger partial charge >= 0.3 is 0 Å². The summed E-state index contributed by atoms with van der Waals surface area (Å²) in [6, 6.07) is 8.86. The molecule has 132 valence electrons. The number of aromatic nitrogens is 1. The zero-order valence-electron chi connectivity index (χ0n) is 13.6. The Morgan fingerprint density at radius 2 is 1.92 bits per heavy atom. The highest BCUT2D eigenvalue weighted by molar-refractivity contribution is 7.17. The van der Waals surface area contributed by atoms with E-state index in [1.165, 1.54) is 11.3 Å². The van der Waals surface area contributed by atoms with E-state index in [9.17, 15) is 18.5 Å². The number of pyridine rings is 1. The van der Waals surface area contributed by atoms with E-state index in [1.54, 1.807) is 12.1 Å². The molecule has 0 spiro atoms. The quantitative estimate of drug-likeness (QED) is 0.646. The largest absolute Gasteiger partial charge is 0.316 e. The Balaban J connectivity index is 1.87. The van der Waals surface area contributed by atoms with Crippen LogP contribution in [0.25, 0.3) is 10.4 Å². The van der Waals surface area contributed by atoms with E-state index in [-0.39, 0.29) is 6.54 Å². The number of rotatable bonds is 5. The molecule has 0 bridgehead atoms. The van der Waals surface area contributed by atoms with Crippen LogP contribution in [0.1, 0.15) is 20.8 Å². The van der Waals surface area contributed by atoms with Crippen molar-refractivity contribution in [3.63, 3.8) is 0 Å². The maximum absolute atomic E-state index is 13.6. The summed E-state index contributed by atoms with van der Waals surface area (Å²) in [4.78, 5) is 27.2. The van der Waals surface area contributed by atoms with Crippen LogP contribution in [0, 0.1) is 23.5 Å². The number of hydrogen-bond acceptors (Lipinski definition) is 5. The topological polar surface area (TPSA) is 71.4 Å². The standard InChI is InChI=1S/C18H13F2N3O2S/c1-10-2-3-11(7-22-25)6-12(10)15-4-5-16(26-15)18(24)23-17-13(19)8-21-9-14(17)20/h2-6,8-9H,7H2,1H3,(H,21,23,24). The van der Waals surface area contributed by atoms with E-state index >= 15 is 0 Å². The summed E-state index contributed by atoms with van der Waals surface area (Å²) in [5.74, 6) is -2.51. The molecular weight excluding hydrogens is 360 g/mol. The van der Waals surface area contributed by atoms with Crippen molar-refractivity contribution in [2.75, 3.05) is 5.32 Å². The van der Waals surface area contributed by atoms with Crippen molar-refractivity contribution < 1.29 is 13.6 Å². The normalized spacial score (nSPS) is 10.6. The number of anilines is 1. The molecule has 0 saturated carbocycles. The van der Waals surface area contributed by atoms with Gasteiger partial charge in [-0.1, -0.05) is 17.3 Å². The third kappa shape index (κ3) is 3.65. The molecule has 0 atom stereocenters. The van der Waals surface area contributed by atoms with Crippen molar-refractivity contribution in [3.05, 3.63) is 75.3 Å². The van der Waals surface area contributed by atoms with E-state index in [0.29, 0.717) is 4.88 Å². The molecule has 0 unspecified atom stereocenters. The molecular formula is C18H13F2N3O2S. The average Bonchev–Trinajstić information content (AvgIpc) is 3.10. The Labute approximate surface area is 151 Å². The number of hydrogen-bond donors (Lipinski definition) is 1. The van der Waals surface area contributed by atoms with Crippen LogP contribution in [0.5, 0.6) is 0 Å². The van der Waals surface area contributed by atoms with Crippen LogP contribution in [0.3, 0.4) is 0 Å². The smallest absolute Gasteiger partial charge is 0.265 e. The minimum Gasteiger partial charge on any atom is -0.316 e. The van der Waals surface area contributed by atoms with Crippen LogP contribution >= 0.6 is 11.3 Å². The van der Waals surface area contributed by atoms with Gasteiger partial charge < -0.3 is 5.32 Å². The molecule has 2 heterocycles. The van der Waals surface area contributed by atoms with Gasteiger partial charge in [0.25, 0.3) is 5.91 Å². The summed E-state index contributed by atoms with van der Waals surface area (Å²) < 4.78 is 27.2.